The van der Waals surface area contributed by atoms with Crippen LogP contribution < -0.4 is 10.6 Å². The Balaban J connectivity index is 1.48. The van der Waals surface area contributed by atoms with E-state index < -0.39 is 0 Å². The summed E-state index contributed by atoms with van der Waals surface area (Å²) in [4.78, 5) is 13.3. The van der Waals surface area contributed by atoms with Crippen molar-refractivity contribution in [1.29, 1.82) is 0 Å². The summed E-state index contributed by atoms with van der Waals surface area (Å²) < 4.78 is 0. The van der Waals surface area contributed by atoms with E-state index in [0.29, 0.717) is 12.6 Å². The summed E-state index contributed by atoms with van der Waals surface area (Å²) in [6.07, 6.45) is 11.2. The van der Waals surface area contributed by atoms with Gasteiger partial charge in [-0.1, -0.05) is 19.8 Å². The minimum Gasteiger partial charge on any atom is -0.357 e. The normalized spacial score (nSPS) is 21.0. The van der Waals surface area contributed by atoms with Gasteiger partial charge in [0.25, 0.3) is 0 Å². The molecule has 2 N–H and O–H groups in total. The van der Waals surface area contributed by atoms with Crippen LogP contribution in [0.2, 0.25) is 0 Å². The Hall–Kier alpha value is -1.14. The van der Waals surface area contributed by atoms with Gasteiger partial charge in [-0.2, -0.15) is 0 Å². The minimum absolute atomic E-state index is 0.540. The van der Waals surface area contributed by atoms with Gasteiger partial charge in [0.1, 0.15) is 5.01 Å². The van der Waals surface area contributed by atoms with Crippen LogP contribution >= 0.6 is 11.3 Å². The van der Waals surface area contributed by atoms with Gasteiger partial charge in [0, 0.05) is 42.8 Å². The summed E-state index contributed by atoms with van der Waals surface area (Å²) in [6.45, 7) is 8.32. The highest BCUT2D eigenvalue weighted by molar-refractivity contribution is 7.11. The van der Waals surface area contributed by atoms with Crippen molar-refractivity contribution >= 4 is 17.3 Å². The molecule has 0 unspecified atom stereocenters. The fraction of sp³-hybridized carbons (Fsp3) is 0.789. The molecule has 25 heavy (non-hydrogen) atoms. The molecule has 5 nitrogen and oxygen atoms in total. The number of aliphatic imine (C=N–C) groups is 1. The van der Waals surface area contributed by atoms with E-state index in [-0.39, 0.29) is 0 Å². The van der Waals surface area contributed by atoms with Crippen molar-refractivity contribution in [2.75, 3.05) is 19.6 Å². The van der Waals surface area contributed by atoms with E-state index >= 15 is 0 Å². The molecule has 0 radical (unpaired) electrons. The summed E-state index contributed by atoms with van der Waals surface area (Å²) in [5.74, 6) is 0.940. The average molecular weight is 364 g/mol. The molecule has 2 heterocycles. The Morgan fingerprint density at radius 3 is 2.64 bits per heavy atom. The number of hydrogen-bond acceptors (Lipinski definition) is 4. The van der Waals surface area contributed by atoms with Gasteiger partial charge in [0.2, 0.25) is 0 Å². The molecule has 2 aliphatic rings. The van der Waals surface area contributed by atoms with Gasteiger partial charge in [-0.25, -0.2) is 9.98 Å². The van der Waals surface area contributed by atoms with E-state index in [0.717, 1.165) is 30.0 Å². The van der Waals surface area contributed by atoms with Gasteiger partial charge in [0.05, 0.1) is 6.54 Å². The number of hydrogen-bond donors (Lipinski definition) is 2. The predicted octanol–water partition coefficient (Wildman–Crippen LogP) is 3.17. The summed E-state index contributed by atoms with van der Waals surface area (Å²) in [6, 6.07) is 1.40. The lowest BCUT2D eigenvalue weighted by molar-refractivity contribution is 0.150. The molecular formula is C19H33N5S. The molecule has 0 atom stereocenters. The van der Waals surface area contributed by atoms with Gasteiger partial charge < -0.3 is 15.5 Å². The van der Waals surface area contributed by atoms with Crippen molar-refractivity contribution in [3.05, 3.63) is 16.1 Å². The molecule has 0 aromatic carbocycles. The molecule has 1 aliphatic heterocycles. The highest BCUT2D eigenvalue weighted by Crippen LogP contribution is 2.26. The molecule has 0 amide bonds. The second-order valence-corrected chi connectivity index (χ2v) is 8.36. The van der Waals surface area contributed by atoms with Gasteiger partial charge in [-0.05, 0) is 39.0 Å². The number of thiazole rings is 1. The first-order valence-electron chi connectivity index (χ1n) is 10.0. The number of aromatic nitrogens is 1. The summed E-state index contributed by atoms with van der Waals surface area (Å²) in [5, 5.41) is 8.14. The van der Waals surface area contributed by atoms with Crippen LogP contribution in [-0.2, 0) is 13.0 Å². The Morgan fingerprint density at radius 2 is 2.00 bits per heavy atom. The molecule has 3 rings (SSSR count). The number of aryl methyl sites for hydroxylation is 1. The van der Waals surface area contributed by atoms with Crippen LogP contribution in [0.3, 0.4) is 0 Å². The Bertz CT molecular complexity index is 542. The molecule has 0 bridgehead atoms. The highest BCUT2D eigenvalue weighted by Gasteiger charge is 2.27. The fourth-order valence-corrected chi connectivity index (χ4v) is 4.71. The molecule has 1 aromatic heterocycles. The first-order chi connectivity index (χ1) is 12.3. The maximum Gasteiger partial charge on any atom is 0.191 e. The van der Waals surface area contributed by atoms with Gasteiger partial charge in [-0.15, -0.1) is 11.3 Å². The number of guanidine groups is 1. The molecule has 1 saturated carbocycles. The van der Waals surface area contributed by atoms with Crippen molar-refractivity contribution < 1.29 is 0 Å². The van der Waals surface area contributed by atoms with Crippen LogP contribution in [0.4, 0.5) is 0 Å². The van der Waals surface area contributed by atoms with Crippen molar-refractivity contribution in [3.8, 4) is 0 Å². The second-order valence-electron chi connectivity index (χ2n) is 7.16. The minimum atomic E-state index is 0.540. The van der Waals surface area contributed by atoms with Crippen molar-refractivity contribution in [3.63, 3.8) is 0 Å². The van der Waals surface area contributed by atoms with Gasteiger partial charge >= 0.3 is 0 Å². The zero-order valence-corrected chi connectivity index (χ0v) is 16.6. The number of likely N-dealkylation sites (tertiary alicyclic amines) is 1. The first kappa shape index (κ1) is 18.6. The topological polar surface area (TPSA) is 52.6 Å². The van der Waals surface area contributed by atoms with E-state index in [2.05, 4.69) is 34.4 Å². The number of piperidine rings is 1. The van der Waals surface area contributed by atoms with Crippen LogP contribution in [0.1, 0.15) is 62.3 Å². The Labute approximate surface area is 156 Å². The van der Waals surface area contributed by atoms with E-state index in [1.165, 1.54) is 56.5 Å². The molecule has 2 fully saturated rings. The lowest BCUT2D eigenvalue weighted by atomic mass is 10.0. The molecule has 6 heteroatoms. The smallest absolute Gasteiger partial charge is 0.191 e. The van der Waals surface area contributed by atoms with Crippen LogP contribution in [0, 0.1) is 0 Å². The van der Waals surface area contributed by atoms with Crippen LogP contribution in [-0.4, -0.2) is 47.6 Å². The fourth-order valence-electron chi connectivity index (χ4n) is 3.92. The Kier molecular flexibility index (Phi) is 7.11. The van der Waals surface area contributed by atoms with Crippen molar-refractivity contribution in [2.24, 2.45) is 4.99 Å². The van der Waals surface area contributed by atoms with Crippen molar-refractivity contribution in [1.82, 2.24) is 20.5 Å². The zero-order chi connectivity index (χ0) is 17.5. The zero-order valence-electron chi connectivity index (χ0n) is 15.8. The van der Waals surface area contributed by atoms with E-state index in [4.69, 9.17) is 4.99 Å². The van der Waals surface area contributed by atoms with Crippen molar-refractivity contribution in [2.45, 2.75) is 77.4 Å². The summed E-state index contributed by atoms with van der Waals surface area (Å²) in [5.41, 5.74) is 0. The quantitative estimate of drug-likeness (QED) is 0.602. The third-order valence-electron chi connectivity index (χ3n) is 5.38. The van der Waals surface area contributed by atoms with Crippen LogP contribution in [0.15, 0.2) is 11.2 Å². The second kappa shape index (κ2) is 9.53. The number of rotatable bonds is 6. The van der Waals surface area contributed by atoms with E-state index in [1.807, 2.05) is 6.20 Å². The maximum atomic E-state index is 4.75. The van der Waals surface area contributed by atoms with Crippen LogP contribution in [0.25, 0.3) is 0 Å². The number of nitrogens with zero attached hydrogens (tertiary/aromatic N) is 3. The number of nitrogens with one attached hydrogen (secondary N) is 2. The largest absolute Gasteiger partial charge is 0.357 e. The lowest BCUT2D eigenvalue weighted by Crippen LogP contribution is -2.50. The van der Waals surface area contributed by atoms with Gasteiger partial charge in [0.15, 0.2) is 5.96 Å². The lowest BCUT2D eigenvalue weighted by Gasteiger charge is -2.36. The molecule has 1 saturated heterocycles. The molecular weight excluding hydrogens is 330 g/mol. The summed E-state index contributed by atoms with van der Waals surface area (Å²) in [7, 11) is 0. The SMILES string of the molecule is CCNC(=NCc1ncc(CC)s1)NC1CCN(C2CCCC2)CC1. The maximum absolute atomic E-state index is 4.75. The molecule has 1 aliphatic carbocycles. The van der Waals surface area contributed by atoms with E-state index in [9.17, 15) is 0 Å². The standard InChI is InChI=1S/C19H33N5S/c1-3-17-13-21-18(25-17)14-22-19(20-4-2)23-15-9-11-24(12-10-15)16-7-5-6-8-16/h13,15-16H,3-12,14H2,1-2H3,(H2,20,22,23). The van der Waals surface area contributed by atoms with E-state index in [1.54, 1.807) is 11.3 Å². The third-order valence-corrected chi connectivity index (χ3v) is 6.50. The Morgan fingerprint density at radius 1 is 1.24 bits per heavy atom. The summed E-state index contributed by atoms with van der Waals surface area (Å²) >= 11 is 1.77. The monoisotopic (exact) mass is 363 g/mol. The van der Waals surface area contributed by atoms with Crippen LogP contribution in [0.5, 0.6) is 0 Å². The molecule has 0 spiro atoms. The first-order valence-corrected chi connectivity index (χ1v) is 10.8. The third kappa shape index (κ3) is 5.42. The van der Waals surface area contributed by atoms with Gasteiger partial charge in [-0.3, -0.25) is 0 Å². The highest BCUT2D eigenvalue weighted by atomic mass is 32.1. The predicted molar refractivity (Wildman–Crippen MR) is 106 cm³/mol. The molecule has 140 valence electrons. The molecule has 1 aromatic rings. The average Bonchev–Trinajstić information content (AvgIpc) is 3.32.